The second-order valence-electron chi connectivity index (χ2n) is 10.5. The summed E-state index contributed by atoms with van der Waals surface area (Å²) < 4.78 is 24.5. The fourth-order valence-electron chi connectivity index (χ4n) is 5.42. The van der Waals surface area contributed by atoms with Gasteiger partial charge in [0, 0.05) is 6.20 Å². The molecule has 4 aromatic carbocycles. The van der Waals surface area contributed by atoms with Gasteiger partial charge in [-0.05, 0) is 77.7 Å². The summed E-state index contributed by atoms with van der Waals surface area (Å²) in [6.45, 7) is 4.89. The minimum absolute atomic E-state index is 0.206. The van der Waals surface area contributed by atoms with E-state index in [-0.39, 0.29) is 17.7 Å². The molecule has 0 radical (unpaired) electrons. The molecule has 5 aromatic rings. The molecular weight excluding hydrogens is 659 g/mol. The SMILES string of the molecule is CCOc1ccc([C@@H]2C(C(=O)OC)=CN=c3s/c(=C\c4cc(Cl)c(OCc5ccc6ccccc6c5)c(Cl)c4)c(=O)n32)cc1OCC. The number of carbonyl (C=O) groups excluding carboxylic acids is 1. The molecule has 1 aliphatic heterocycles. The van der Waals surface area contributed by atoms with E-state index in [2.05, 4.69) is 17.1 Å². The number of ether oxygens (including phenoxy) is 4. The molecule has 0 spiro atoms. The summed E-state index contributed by atoms with van der Waals surface area (Å²) in [5.41, 5.74) is 2.07. The summed E-state index contributed by atoms with van der Waals surface area (Å²) in [5.74, 6) is 0.816. The van der Waals surface area contributed by atoms with E-state index in [0.29, 0.717) is 61.0 Å². The number of esters is 1. The molecule has 8 nitrogen and oxygen atoms in total. The maximum absolute atomic E-state index is 14.0. The predicted molar refractivity (Wildman–Crippen MR) is 185 cm³/mol. The van der Waals surface area contributed by atoms with Gasteiger partial charge >= 0.3 is 5.97 Å². The third-order valence-electron chi connectivity index (χ3n) is 7.52. The van der Waals surface area contributed by atoms with Gasteiger partial charge in [-0.3, -0.25) is 9.36 Å². The van der Waals surface area contributed by atoms with E-state index in [1.165, 1.54) is 29.2 Å². The average Bonchev–Trinajstić information content (AvgIpc) is 3.38. The summed E-state index contributed by atoms with van der Waals surface area (Å²) in [5, 5.41) is 2.87. The molecule has 0 saturated heterocycles. The lowest BCUT2D eigenvalue weighted by atomic mass is 9.97. The van der Waals surface area contributed by atoms with Gasteiger partial charge in [0.2, 0.25) is 0 Å². The molecule has 0 unspecified atom stereocenters. The van der Waals surface area contributed by atoms with E-state index in [1.807, 2.05) is 44.2 Å². The lowest BCUT2D eigenvalue weighted by molar-refractivity contribution is -0.136. The van der Waals surface area contributed by atoms with Crippen molar-refractivity contribution in [2.24, 2.45) is 4.99 Å². The summed E-state index contributed by atoms with van der Waals surface area (Å²) in [4.78, 5) is 31.7. The Morgan fingerprint density at radius 2 is 1.64 bits per heavy atom. The van der Waals surface area contributed by atoms with Crippen LogP contribution in [-0.2, 0) is 16.1 Å². The van der Waals surface area contributed by atoms with E-state index in [9.17, 15) is 9.59 Å². The average molecular weight is 690 g/mol. The molecule has 2 heterocycles. The zero-order valence-electron chi connectivity index (χ0n) is 25.8. The smallest absolute Gasteiger partial charge is 0.337 e. The molecule has 6 rings (SSSR count). The van der Waals surface area contributed by atoms with Gasteiger partial charge < -0.3 is 18.9 Å². The fourth-order valence-corrected chi connectivity index (χ4v) is 7.01. The summed E-state index contributed by atoms with van der Waals surface area (Å²) in [6.07, 6.45) is 3.13. The number of rotatable bonds is 10. The van der Waals surface area contributed by atoms with E-state index in [0.717, 1.165) is 16.3 Å². The number of hydrogen-bond acceptors (Lipinski definition) is 8. The van der Waals surface area contributed by atoms with Crippen molar-refractivity contribution in [3.05, 3.63) is 131 Å². The topological polar surface area (TPSA) is 88.4 Å². The third-order valence-corrected chi connectivity index (χ3v) is 9.08. The van der Waals surface area contributed by atoms with Crippen LogP contribution in [0.1, 0.15) is 36.6 Å². The Kier molecular flexibility index (Phi) is 9.68. The second-order valence-corrected chi connectivity index (χ2v) is 12.4. The van der Waals surface area contributed by atoms with Gasteiger partial charge in [0.1, 0.15) is 6.61 Å². The standard InChI is InChI=1S/C36H30Cl2N2O6S/c1-4-44-29-13-12-25(18-30(29)45-5-2)32-26(35(42)43-3)19-39-36-40(32)34(41)31(47-36)17-22-15-27(37)33(28(38)16-22)46-20-21-10-11-23-8-6-7-9-24(23)14-21/h6-19,32H,4-5,20H2,1-3H3/b31-17-/t32-/m1/s1. The quantitative estimate of drug-likeness (QED) is 0.149. The van der Waals surface area contributed by atoms with E-state index in [4.69, 9.17) is 42.1 Å². The minimum Gasteiger partial charge on any atom is -0.490 e. The molecule has 11 heteroatoms. The number of hydrogen-bond donors (Lipinski definition) is 0. The van der Waals surface area contributed by atoms with Gasteiger partial charge in [-0.2, -0.15) is 0 Å². The van der Waals surface area contributed by atoms with Crippen LogP contribution >= 0.6 is 34.5 Å². The molecule has 1 aliphatic rings. The van der Waals surface area contributed by atoms with Crippen molar-refractivity contribution in [3.8, 4) is 17.2 Å². The first kappa shape index (κ1) is 32.4. The first-order chi connectivity index (χ1) is 22.8. The largest absolute Gasteiger partial charge is 0.490 e. The third kappa shape index (κ3) is 6.65. The van der Waals surface area contributed by atoms with Crippen LogP contribution < -0.4 is 29.1 Å². The molecule has 0 bridgehead atoms. The highest BCUT2D eigenvalue weighted by molar-refractivity contribution is 7.07. The number of aromatic nitrogens is 1. The number of nitrogens with zero attached hydrogens (tertiary/aromatic N) is 2. The molecule has 240 valence electrons. The van der Waals surface area contributed by atoms with Crippen molar-refractivity contribution in [1.29, 1.82) is 0 Å². The molecule has 0 N–H and O–H groups in total. The number of thiazole rings is 1. The number of benzene rings is 4. The predicted octanol–water partition coefficient (Wildman–Crippen LogP) is 6.85. The Bertz CT molecular complexity index is 2180. The highest BCUT2D eigenvalue weighted by Gasteiger charge is 2.31. The molecular formula is C36H30Cl2N2O6S. The van der Waals surface area contributed by atoms with Crippen LogP contribution in [0.25, 0.3) is 16.8 Å². The zero-order chi connectivity index (χ0) is 33.1. The Morgan fingerprint density at radius 3 is 2.36 bits per heavy atom. The molecule has 47 heavy (non-hydrogen) atoms. The van der Waals surface area contributed by atoms with Crippen molar-refractivity contribution in [2.75, 3.05) is 20.3 Å². The number of methoxy groups -OCH3 is 1. The summed E-state index contributed by atoms with van der Waals surface area (Å²) in [6, 6.07) is 22.1. The number of fused-ring (bicyclic) bond motifs is 2. The fraction of sp³-hybridized carbons (Fsp3) is 0.194. The highest BCUT2D eigenvalue weighted by Crippen LogP contribution is 2.36. The molecule has 0 amide bonds. The molecule has 1 aromatic heterocycles. The van der Waals surface area contributed by atoms with Crippen LogP contribution in [0.5, 0.6) is 17.2 Å². The molecule has 0 fully saturated rings. The van der Waals surface area contributed by atoms with Crippen LogP contribution in [-0.4, -0.2) is 30.9 Å². The van der Waals surface area contributed by atoms with Crippen LogP contribution in [0.4, 0.5) is 0 Å². The van der Waals surface area contributed by atoms with Gasteiger partial charge in [-0.25, -0.2) is 9.79 Å². The van der Waals surface area contributed by atoms with Crippen molar-refractivity contribution < 1.29 is 23.7 Å². The molecule has 0 saturated carbocycles. The normalized spacial score (nSPS) is 14.3. The van der Waals surface area contributed by atoms with Crippen molar-refractivity contribution >= 4 is 57.4 Å². The van der Waals surface area contributed by atoms with Crippen molar-refractivity contribution in [2.45, 2.75) is 26.5 Å². The van der Waals surface area contributed by atoms with Crippen LogP contribution in [0.2, 0.25) is 10.0 Å². The van der Waals surface area contributed by atoms with Gasteiger partial charge in [0.15, 0.2) is 22.0 Å². The van der Waals surface area contributed by atoms with Gasteiger partial charge in [-0.1, -0.05) is 77.0 Å². The Hall–Kier alpha value is -4.57. The second kappa shape index (κ2) is 14.0. The van der Waals surface area contributed by atoms with Gasteiger partial charge in [0.25, 0.3) is 5.56 Å². The van der Waals surface area contributed by atoms with E-state index >= 15 is 0 Å². The maximum Gasteiger partial charge on any atom is 0.337 e. The van der Waals surface area contributed by atoms with Crippen LogP contribution in [0, 0.1) is 0 Å². The molecule has 0 aliphatic carbocycles. The lowest BCUT2D eigenvalue weighted by Crippen LogP contribution is -2.39. The highest BCUT2D eigenvalue weighted by atomic mass is 35.5. The Labute approximate surface area is 284 Å². The van der Waals surface area contributed by atoms with Crippen LogP contribution in [0.15, 0.2) is 94.4 Å². The van der Waals surface area contributed by atoms with E-state index < -0.39 is 12.0 Å². The molecule has 1 atom stereocenters. The monoisotopic (exact) mass is 688 g/mol. The van der Waals surface area contributed by atoms with E-state index in [1.54, 1.807) is 36.4 Å². The van der Waals surface area contributed by atoms with Gasteiger partial charge in [-0.15, -0.1) is 0 Å². The number of carbonyl (C=O) groups is 1. The Balaban J connectivity index is 1.35. The summed E-state index contributed by atoms with van der Waals surface area (Å²) >= 11 is 14.5. The first-order valence-electron chi connectivity index (χ1n) is 14.9. The first-order valence-corrected chi connectivity index (χ1v) is 16.5. The zero-order valence-corrected chi connectivity index (χ0v) is 28.1. The lowest BCUT2D eigenvalue weighted by Gasteiger charge is -2.23. The Morgan fingerprint density at radius 1 is 0.915 bits per heavy atom. The minimum atomic E-state index is -0.811. The van der Waals surface area contributed by atoms with Crippen molar-refractivity contribution in [3.63, 3.8) is 0 Å². The number of halogens is 2. The van der Waals surface area contributed by atoms with Crippen molar-refractivity contribution in [1.82, 2.24) is 4.57 Å². The summed E-state index contributed by atoms with van der Waals surface area (Å²) in [7, 11) is 1.29. The van der Waals surface area contributed by atoms with Gasteiger partial charge in [0.05, 0.1) is 46.5 Å². The van der Waals surface area contributed by atoms with Crippen LogP contribution in [0.3, 0.4) is 0 Å². The maximum atomic E-state index is 14.0.